The molecule has 0 bridgehead atoms. The highest BCUT2D eigenvalue weighted by Crippen LogP contribution is 2.50. The SMILES string of the molecule is CCOC(=O)C1=C2S[C@H](CC(=O)OC)C(=O)N2C(N)=C(C#N)[C@H]1c1ccc(OC)cc1. The van der Waals surface area contributed by atoms with Gasteiger partial charge in [-0.25, -0.2) is 4.79 Å². The van der Waals surface area contributed by atoms with Gasteiger partial charge in [0.1, 0.15) is 16.8 Å². The fourth-order valence-electron chi connectivity index (χ4n) is 3.46. The number of benzene rings is 1. The smallest absolute Gasteiger partial charge is 0.337 e. The van der Waals surface area contributed by atoms with Gasteiger partial charge < -0.3 is 19.9 Å². The summed E-state index contributed by atoms with van der Waals surface area (Å²) in [6.07, 6.45) is -0.196. The van der Waals surface area contributed by atoms with Crippen molar-refractivity contribution < 1.29 is 28.6 Å². The Labute approximate surface area is 183 Å². The molecule has 1 fully saturated rings. The lowest BCUT2D eigenvalue weighted by atomic mass is 9.83. The van der Waals surface area contributed by atoms with Crippen LogP contribution in [-0.2, 0) is 23.9 Å². The fraction of sp³-hybridized carbons (Fsp3) is 0.333. The zero-order valence-corrected chi connectivity index (χ0v) is 18.0. The highest BCUT2D eigenvalue weighted by molar-refractivity contribution is 8.04. The lowest BCUT2D eigenvalue weighted by Crippen LogP contribution is -2.38. The Bertz CT molecular complexity index is 1020. The van der Waals surface area contributed by atoms with E-state index < -0.39 is 29.0 Å². The third-order valence-corrected chi connectivity index (χ3v) is 6.20. The molecule has 3 rings (SSSR count). The Morgan fingerprint density at radius 3 is 2.48 bits per heavy atom. The molecule has 1 aromatic carbocycles. The number of carbonyl (C=O) groups excluding carboxylic acids is 3. The summed E-state index contributed by atoms with van der Waals surface area (Å²) >= 11 is 1.04. The number of thioether (sulfide) groups is 1. The standard InChI is InChI=1S/C21H21N3O6S/c1-4-30-21(27)17-16(11-5-7-12(28-2)8-6-11)13(10-22)18(23)24-19(26)14(31-20(17)24)9-15(25)29-3/h5-8,14,16H,4,9,23H2,1-3H3/t14-,16-/m1/s1. The molecule has 0 radical (unpaired) electrons. The molecular formula is C21H21N3O6S. The Hall–Kier alpha value is -3.45. The minimum absolute atomic E-state index is 0.0460. The van der Waals surface area contributed by atoms with Gasteiger partial charge in [-0.15, -0.1) is 0 Å². The van der Waals surface area contributed by atoms with Gasteiger partial charge in [0.15, 0.2) is 0 Å². The van der Waals surface area contributed by atoms with E-state index in [1.54, 1.807) is 31.2 Å². The van der Waals surface area contributed by atoms with Crippen LogP contribution in [0.2, 0.25) is 0 Å². The van der Waals surface area contributed by atoms with Gasteiger partial charge in [0, 0.05) is 0 Å². The molecule has 1 saturated heterocycles. The molecule has 2 aliphatic rings. The second-order valence-corrected chi connectivity index (χ2v) is 7.81. The number of nitrogens with two attached hydrogens (primary N) is 1. The third-order valence-electron chi connectivity index (χ3n) is 4.92. The van der Waals surface area contributed by atoms with Crippen LogP contribution >= 0.6 is 11.8 Å². The number of hydrogen-bond donors (Lipinski definition) is 1. The first kappa shape index (κ1) is 22.2. The van der Waals surface area contributed by atoms with Crippen LogP contribution in [0.5, 0.6) is 5.75 Å². The van der Waals surface area contributed by atoms with Gasteiger partial charge in [-0.3, -0.25) is 14.5 Å². The fourth-order valence-corrected chi connectivity index (χ4v) is 4.78. The summed E-state index contributed by atoms with van der Waals surface area (Å²) in [6, 6.07) is 8.89. The molecule has 0 unspecified atom stereocenters. The molecule has 0 aromatic heterocycles. The van der Waals surface area contributed by atoms with Crippen LogP contribution in [0.25, 0.3) is 0 Å². The monoisotopic (exact) mass is 443 g/mol. The van der Waals surface area contributed by atoms with Crippen LogP contribution in [0.1, 0.15) is 24.8 Å². The first-order valence-corrected chi connectivity index (χ1v) is 10.3. The highest BCUT2D eigenvalue weighted by Gasteiger charge is 2.49. The Morgan fingerprint density at radius 1 is 1.26 bits per heavy atom. The molecule has 0 saturated carbocycles. The van der Waals surface area contributed by atoms with Crippen LogP contribution < -0.4 is 10.5 Å². The van der Waals surface area contributed by atoms with Gasteiger partial charge in [0.2, 0.25) is 5.91 Å². The normalized spacial score (nSPS) is 20.3. The van der Waals surface area contributed by atoms with Gasteiger partial charge in [0.05, 0.1) is 55.4 Å². The van der Waals surface area contributed by atoms with E-state index in [1.807, 2.05) is 6.07 Å². The number of ether oxygens (including phenoxy) is 3. The van der Waals surface area contributed by atoms with Crippen molar-refractivity contribution in [2.24, 2.45) is 5.73 Å². The number of rotatable bonds is 6. The van der Waals surface area contributed by atoms with E-state index in [2.05, 4.69) is 4.74 Å². The second-order valence-electron chi connectivity index (χ2n) is 6.62. The Balaban J connectivity index is 2.19. The van der Waals surface area contributed by atoms with Crippen LogP contribution in [0.3, 0.4) is 0 Å². The van der Waals surface area contributed by atoms with Crippen LogP contribution in [-0.4, -0.2) is 48.8 Å². The van der Waals surface area contributed by atoms with Crippen LogP contribution in [0, 0.1) is 11.3 Å². The Morgan fingerprint density at radius 2 is 1.94 bits per heavy atom. The number of methoxy groups -OCH3 is 2. The zero-order valence-electron chi connectivity index (χ0n) is 17.2. The van der Waals surface area contributed by atoms with E-state index in [0.717, 1.165) is 16.7 Å². The van der Waals surface area contributed by atoms with Crippen molar-refractivity contribution in [3.05, 3.63) is 51.8 Å². The van der Waals surface area contributed by atoms with Crippen molar-refractivity contribution in [1.29, 1.82) is 5.26 Å². The van der Waals surface area contributed by atoms with E-state index in [0.29, 0.717) is 11.3 Å². The molecule has 1 amide bonds. The number of carbonyl (C=O) groups is 3. The number of hydrogen-bond acceptors (Lipinski definition) is 9. The quantitative estimate of drug-likeness (QED) is 0.653. The minimum atomic E-state index is -0.835. The van der Waals surface area contributed by atoms with Gasteiger partial charge in [-0.05, 0) is 24.6 Å². The Kier molecular flexibility index (Phi) is 6.56. The molecule has 9 nitrogen and oxygen atoms in total. The first-order chi connectivity index (χ1) is 14.9. The average Bonchev–Trinajstić information content (AvgIpc) is 3.09. The van der Waals surface area contributed by atoms with Gasteiger partial charge in [-0.2, -0.15) is 5.26 Å². The number of esters is 2. The molecule has 31 heavy (non-hydrogen) atoms. The number of nitriles is 1. The summed E-state index contributed by atoms with van der Waals surface area (Å²) < 4.78 is 15.1. The average molecular weight is 443 g/mol. The molecule has 2 aliphatic heterocycles. The van der Waals surface area contributed by atoms with Crippen molar-refractivity contribution in [2.75, 3.05) is 20.8 Å². The number of fused-ring (bicyclic) bond motifs is 1. The van der Waals surface area contributed by atoms with Crippen molar-refractivity contribution in [3.8, 4) is 11.8 Å². The predicted molar refractivity (Wildman–Crippen MR) is 111 cm³/mol. The molecule has 2 atom stereocenters. The first-order valence-electron chi connectivity index (χ1n) is 9.40. The van der Waals surface area contributed by atoms with Gasteiger partial charge in [-0.1, -0.05) is 23.9 Å². The van der Waals surface area contributed by atoms with Crippen LogP contribution in [0.4, 0.5) is 0 Å². The second kappa shape index (κ2) is 9.14. The lowest BCUT2D eigenvalue weighted by molar-refractivity contribution is -0.142. The number of allylic oxidation sites excluding steroid dienone is 1. The maximum Gasteiger partial charge on any atom is 0.337 e. The highest BCUT2D eigenvalue weighted by atomic mass is 32.2. The largest absolute Gasteiger partial charge is 0.497 e. The maximum absolute atomic E-state index is 13.0. The predicted octanol–water partition coefficient (Wildman–Crippen LogP) is 1.77. The number of nitrogens with zero attached hydrogens (tertiary/aromatic N) is 2. The molecule has 10 heteroatoms. The third kappa shape index (κ3) is 3.96. The summed E-state index contributed by atoms with van der Waals surface area (Å²) in [6.45, 7) is 1.77. The summed E-state index contributed by atoms with van der Waals surface area (Å²) in [7, 11) is 2.76. The molecule has 2 N–H and O–H groups in total. The molecule has 0 spiro atoms. The molecule has 2 heterocycles. The zero-order chi connectivity index (χ0) is 22.7. The lowest BCUT2D eigenvalue weighted by Gasteiger charge is -2.31. The molecule has 162 valence electrons. The van der Waals surface area contributed by atoms with Crippen LogP contribution in [0.15, 0.2) is 46.3 Å². The molecule has 1 aromatic rings. The maximum atomic E-state index is 13.0. The van der Waals surface area contributed by atoms with Gasteiger partial charge in [0.25, 0.3) is 0 Å². The summed E-state index contributed by atoms with van der Waals surface area (Å²) in [4.78, 5) is 38.9. The minimum Gasteiger partial charge on any atom is -0.497 e. The van der Waals surface area contributed by atoms with Crippen molar-refractivity contribution in [1.82, 2.24) is 4.90 Å². The number of amides is 1. The van der Waals surface area contributed by atoms with E-state index in [1.165, 1.54) is 14.2 Å². The van der Waals surface area contributed by atoms with E-state index in [9.17, 15) is 19.6 Å². The summed E-state index contributed by atoms with van der Waals surface area (Å²) in [5, 5.41) is 9.30. The van der Waals surface area contributed by atoms with Crippen molar-refractivity contribution in [2.45, 2.75) is 24.5 Å². The van der Waals surface area contributed by atoms with Crippen molar-refractivity contribution in [3.63, 3.8) is 0 Å². The van der Waals surface area contributed by atoms with Crippen molar-refractivity contribution >= 4 is 29.6 Å². The molecular weight excluding hydrogens is 422 g/mol. The van der Waals surface area contributed by atoms with E-state index in [4.69, 9.17) is 15.2 Å². The topological polar surface area (TPSA) is 132 Å². The summed E-state index contributed by atoms with van der Waals surface area (Å²) in [5.41, 5.74) is 7.02. The summed E-state index contributed by atoms with van der Waals surface area (Å²) in [5.74, 6) is -2.04. The molecule has 0 aliphatic carbocycles. The van der Waals surface area contributed by atoms with E-state index >= 15 is 0 Å². The van der Waals surface area contributed by atoms with E-state index in [-0.39, 0.29) is 35.0 Å². The van der Waals surface area contributed by atoms with Gasteiger partial charge >= 0.3 is 11.9 Å².